The number of aliphatic hydroxyl groups excluding tert-OH is 9. The average molecular weight is 941 g/mol. The van der Waals surface area contributed by atoms with Crippen molar-refractivity contribution in [2.75, 3.05) is 6.61 Å². The highest BCUT2D eigenvalue weighted by atomic mass is 16.8. The maximum atomic E-state index is 14.4. The molecule has 66 heavy (non-hydrogen) atoms. The second-order valence-electron chi connectivity index (χ2n) is 23.6. The number of hydrogen-bond donors (Lipinski definition) is 10. The first kappa shape index (κ1) is 50.7. The lowest BCUT2D eigenvalue weighted by molar-refractivity contribution is -0.395. The molecule has 24 atom stereocenters. The van der Waals surface area contributed by atoms with Crippen LogP contribution in [0.5, 0.6) is 0 Å². The second kappa shape index (κ2) is 17.3. The standard InChI is InChI=1S/C48H76O18/c1-20-29(52)31(54)35(58)40(61-20)65-37-32(55)30(53)23(19-49)62-41(37)66-38-34(57)33(56)36(39(59)60)64-42(38)63-28-13-14-45(6)24(44(28,4)5)12-15-46(7)25(45)11-10-21-22-16-43(2,3)17-26(50)48(22,9)27(51)18-47(21,46)8/h10,20,22-26,28-38,40-42,49-50,52-58H,11-19H2,1-9H3,(H,59,60)/t20-,22-,23+,24-,25+,26-,28-,29-,30-,31+,32-,33-,34-,35+,36-,37+,38+,40-,41-,42+,45-,46+,47+,48+/m0/s1. The van der Waals surface area contributed by atoms with E-state index in [1.54, 1.807) is 0 Å². The van der Waals surface area contributed by atoms with Gasteiger partial charge >= 0.3 is 5.97 Å². The number of allylic oxidation sites excluding steroid dienone is 2. The van der Waals surface area contributed by atoms with Crippen molar-refractivity contribution in [2.24, 2.45) is 50.2 Å². The fourth-order valence-corrected chi connectivity index (χ4v) is 14.9. The molecule has 0 aromatic rings. The summed E-state index contributed by atoms with van der Waals surface area (Å²) >= 11 is 0. The Morgan fingerprint density at radius 3 is 1.97 bits per heavy atom. The fraction of sp³-hybridized carbons (Fsp3) is 0.917. The van der Waals surface area contributed by atoms with E-state index in [1.807, 2.05) is 6.92 Å². The molecule has 376 valence electrons. The minimum Gasteiger partial charge on any atom is -0.479 e. The summed E-state index contributed by atoms with van der Waals surface area (Å²) in [6, 6.07) is 0. The molecule has 0 amide bonds. The first-order valence-corrected chi connectivity index (χ1v) is 24.0. The number of aliphatic hydroxyl groups is 9. The Morgan fingerprint density at radius 2 is 1.33 bits per heavy atom. The van der Waals surface area contributed by atoms with Crippen molar-refractivity contribution in [3.8, 4) is 0 Å². The van der Waals surface area contributed by atoms with Gasteiger partial charge in [-0.2, -0.15) is 0 Å². The SMILES string of the molecule is C[C@@H]1O[C@@H](O[C@H]2[C@H](O[C@H]3[C@H](O[C@H]4CC[C@]5(C)[C@H]6CC=C7[C@@H]8CC(C)(C)C[C@H](O)[C@]8(C)C(=O)C[C@@]7(C)[C@]6(C)CC[C@H]5C4(C)C)O[C@H](C(=O)O)[C@@H](O)[C@@H]3O)O[C@H](CO)[C@H](O)[C@@H]2O)[C@H](O)[C@H](O)[C@H]1O. The summed E-state index contributed by atoms with van der Waals surface area (Å²) in [6.07, 6.45) is -19.4. The fourth-order valence-electron chi connectivity index (χ4n) is 14.9. The predicted octanol–water partition coefficient (Wildman–Crippen LogP) is 0.911. The molecule has 7 fully saturated rings. The minimum atomic E-state index is -2.04. The van der Waals surface area contributed by atoms with Gasteiger partial charge in [-0.05, 0) is 98.2 Å². The summed E-state index contributed by atoms with van der Waals surface area (Å²) in [5, 5.41) is 108. The molecule has 8 rings (SSSR count). The second-order valence-corrected chi connectivity index (χ2v) is 23.6. The van der Waals surface area contributed by atoms with Crippen LogP contribution in [-0.4, -0.2) is 174 Å². The molecule has 5 aliphatic carbocycles. The van der Waals surface area contributed by atoms with Gasteiger partial charge in [-0.15, -0.1) is 0 Å². The Labute approximate surface area is 386 Å². The quantitative estimate of drug-likeness (QED) is 0.120. The Hall–Kier alpha value is -1.72. The van der Waals surface area contributed by atoms with Crippen LogP contribution in [0.25, 0.3) is 0 Å². The van der Waals surface area contributed by atoms with E-state index < -0.39 is 133 Å². The van der Waals surface area contributed by atoms with E-state index in [2.05, 4.69) is 54.5 Å². The van der Waals surface area contributed by atoms with E-state index in [9.17, 15) is 60.7 Å². The number of carbonyl (C=O) groups is 2. The van der Waals surface area contributed by atoms with Gasteiger partial charge in [-0.25, -0.2) is 4.79 Å². The van der Waals surface area contributed by atoms with Crippen LogP contribution in [0.15, 0.2) is 11.6 Å². The van der Waals surface area contributed by atoms with Crippen molar-refractivity contribution in [3.05, 3.63) is 11.6 Å². The lowest BCUT2D eigenvalue weighted by atomic mass is 9.33. The van der Waals surface area contributed by atoms with E-state index in [4.69, 9.17) is 28.4 Å². The van der Waals surface area contributed by atoms with Crippen LogP contribution >= 0.6 is 0 Å². The third-order valence-corrected chi connectivity index (χ3v) is 19.2. The van der Waals surface area contributed by atoms with E-state index in [0.717, 1.165) is 25.7 Å². The summed E-state index contributed by atoms with van der Waals surface area (Å²) in [7, 11) is 0. The summed E-state index contributed by atoms with van der Waals surface area (Å²) < 4.78 is 36.3. The Kier molecular flexibility index (Phi) is 13.2. The summed E-state index contributed by atoms with van der Waals surface area (Å²) in [6.45, 7) is 18.1. The molecule has 0 aromatic heterocycles. The highest BCUT2D eigenvalue weighted by Crippen LogP contribution is 2.75. The molecule has 3 aliphatic heterocycles. The van der Waals surface area contributed by atoms with Crippen LogP contribution in [0.2, 0.25) is 0 Å². The molecule has 0 aromatic carbocycles. The van der Waals surface area contributed by atoms with Crippen LogP contribution in [0.3, 0.4) is 0 Å². The maximum absolute atomic E-state index is 14.4. The largest absolute Gasteiger partial charge is 0.479 e. The van der Waals surface area contributed by atoms with Crippen LogP contribution in [0.4, 0.5) is 0 Å². The zero-order valence-electron chi connectivity index (χ0n) is 39.7. The third kappa shape index (κ3) is 7.61. The van der Waals surface area contributed by atoms with Crippen LogP contribution in [-0.2, 0) is 38.0 Å². The van der Waals surface area contributed by atoms with E-state index in [0.29, 0.717) is 25.7 Å². The average Bonchev–Trinajstić information content (AvgIpc) is 3.23. The number of Topliss-reactive ketones (excluding diaryl/α,β-unsaturated/α-hetero) is 1. The zero-order chi connectivity index (χ0) is 48.6. The van der Waals surface area contributed by atoms with Gasteiger partial charge in [0.2, 0.25) is 0 Å². The van der Waals surface area contributed by atoms with Gasteiger partial charge in [-0.3, -0.25) is 4.79 Å². The normalized spacial score (nSPS) is 54.5. The Bertz CT molecular complexity index is 1880. The lowest BCUT2D eigenvalue weighted by Crippen LogP contribution is -2.68. The summed E-state index contributed by atoms with van der Waals surface area (Å²) in [5.41, 5.74) is -1.12. The predicted molar refractivity (Wildman–Crippen MR) is 230 cm³/mol. The van der Waals surface area contributed by atoms with Crippen molar-refractivity contribution in [3.63, 3.8) is 0 Å². The number of rotatable bonds is 8. The number of hydrogen-bond acceptors (Lipinski definition) is 17. The van der Waals surface area contributed by atoms with Crippen molar-refractivity contribution < 1.29 is 89.1 Å². The number of carboxylic acids is 1. The first-order chi connectivity index (χ1) is 30.6. The molecular formula is C48H76O18. The highest BCUT2D eigenvalue weighted by Gasteiger charge is 2.71. The smallest absolute Gasteiger partial charge is 0.335 e. The molecule has 18 nitrogen and oxygen atoms in total. The number of carboxylic acid groups (broad SMARTS) is 1. The summed E-state index contributed by atoms with van der Waals surface area (Å²) in [4.78, 5) is 26.9. The van der Waals surface area contributed by atoms with Gasteiger partial charge in [-0.1, -0.05) is 60.1 Å². The van der Waals surface area contributed by atoms with Gasteiger partial charge in [0.15, 0.2) is 25.0 Å². The molecule has 0 bridgehead atoms. The topological polar surface area (TPSA) is 292 Å². The number of ether oxygens (including phenoxy) is 6. The number of aliphatic carboxylic acids is 1. The van der Waals surface area contributed by atoms with Gasteiger partial charge < -0.3 is 79.5 Å². The molecule has 4 saturated carbocycles. The van der Waals surface area contributed by atoms with Crippen LogP contribution in [0, 0.1) is 50.2 Å². The lowest BCUT2D eigenvalue weighted by Gasteiger charge is -2.71. The van der Waals surface area contributed by atoms with Crippen molar-refractivity contribution in [2.45, 2.75) is 218 Å². The molecule has 0 radical (unpaired) electrons. The van der Waals surface area contributed by atoms with Crippen LogP contribution in [0.1, 0.15) is 114 Å². The molecule has 8 aliphatic rings. The van der Waals surface area contributed by atoms with Gasteiger partial charge in [0.1, 0.15) is 66.8 Å². The van der Waals surface area contributed by atoms with Gasteiger partial charge in [0, 0.05) is 11.8 Å². The van der Waals surface area contributed by atoms with Crippen LogP contribution < -0.4 is 0 Å². The Morgan fingerprint density at radius 1 is 0.712 bits per heavy atom. The molecule has 0 spiro atoms. The zero-order valence-corrected chi connectivity index (χ0v) is 39.7. The van der Waals surface area contributed by atoms with Gasteiger partial charge in [0.25, 0.3) is 0 Å². The summed E-state index contributed by atoms with van der Waals surface area (Å²) in [5.74, 6) is -1.24. The molecule has 0 unspecified atom stereocenters. The maximum Gasteiger partial charge on any atom is 0.335 e. The van der Waals surface area contributed by atoms with E-state index in [1.165, 1.54) is 12.5 Å². The Balaban J connectivity index is 1.07. The molecule has 3 saturated heterocycles. The van der Waals surface area contributed by atoms with Crippen molar-refractivity contribution in [1.29, 1.82) is 0 Å². The number of fused-ring (bicyclic) bond motifs is 7. The monoisotopic (exact) mass is 941 g/mol. The van der Waals surface area contributed by atoms with E-state index >= 15 is 0 Å². The minimum absolute atomic E-state index is 0.0537. The third-order valence-electron chi connectivity index (χ3n) is 19.2. The molecular weight excluding hydrogens is 865 g/mol. The number of ketones is 1. The van der Waals surface area contributed by atoms with Gasteiger partial charge in [0.05, 0.1) is 30.3 Å². The molecule has 18 heteroatoms. The molecule has 10 N–H and O–H groups in total. The highest BCUT2D eigenvalue weighted by molar-refractivity contribution is 5.89. The van der Waals surface area contributed by atoms with Crippen molar-refractivity contribution in [1.82, 2.24) is 0 Å². The molecule has 3 heterocycles. The van der Waals surface area contributed by atoms with Crippen molar-refractivity contribution >= 4 is 11.8 Å². The first-order valence-electron chi connectivity index (χ1n) is 24.0. The van der Waals surface area contributed by atoms with E-state index in [-0.39, 0.29) is 39.8 Å². The number of carbonyl (C=O) groups excluding carboxylic acids is 1.